The molecule has 0 aliphatic rings. The predicted octanol–water partition coefficient (Wildman–Crippen LogP) is 3.04. The van der Waals surface area contributed by atoms with E-state index >= 15 is 0 Å². The van der Waals surface area contributed by atoms with Gasteiger partial charge in [0.2, 0.25) is 5.91 Å². The first kappa shape index (κ1) is 14.2. The SMILES string of the molecule is CCOC(=O)c1ccsc1NC(=O)C(Br)CC. The second kappa shape index (κ2) is 6.76. The molecule has 1 rings (SSSR count). The number of anilines is 1. The summed E-state index contributed by atoms with van der Waals surface area (Å²) in [7, 11) is 0. The van der Waals surface area contributed by atoms with E-state index in [0.29, 0.717) is 23.6 Å². The van der Waals surface area contributed by atoms with Gasteiger partial charge in [-0.3, -0.25) is 4.79 Å². The van der Waals surface area contributed by atoms with Gasteiger partial charge in [0.05, 0.1) is 17.0 Å². The van der Waals surface area contributed by atoms with E-state index in [9.17, 15) is 9.59 Å². The molecule has 17 heavy (non-hydrogen) atoms. The zero-order valence-corrected chi connectivity index (χ0v) is 12.1. The summed E-state index contributed by atoms with van der Waals surface area (Å²) in [6.45, 7) is 3.96. The van der Waals surface area contributed by atoms with Crippen molar-refractivity contribution >= 4 is 44.1 Å². The minimum absolute atomic E-state index is 0.152. The number of esters is 1. The third kappa shape index (κ3) is 3.81. The molecule has 0 fully saturated rings. The van der Waals surface area contributed by atoms with Crippen molar-refractivity contribution < 1.29 is 14.3 Å². The van der Waals surface area contributed by atoms with Crippen LogP contribution < -0.4 is 5.32 Å². The Morgan fingerprint density at radius 3 is 2.82 bits per heavy atom. The lowest BCUT2D eigenvalue weighted by molar-refractivity contribution is -0.115. The third-order valence-electron chi connectivity index (χ3n) is 2.04. The van der Waals surface area contributed by atoms with Gasteiger partial charge in [-0.1, -0.05) is 22.9 Å². The topological polar surface area (TPSA) is 55.4 Å². The van der Waals surface area contributed by atoms with E-state index in [2.05, 4.69) is 21.2 Å². The summed E-state index contributed by atoms with van der Waals surface area (Å²) < 4.78 is 4.90. The highest BCUT2D eigenvalue weighted by molar-refractivity contribution is 9.10. The average molecular weight is 320 g/mol. The van der Waals surface area contributed by atoms with Crippen LogP contribution in [0.4, 0.5) is 5.00 Å². The first-order valence-electron chi connectivity index (χ1n) is 5.29. The second-order valence-corrected chi connectivity index (χ2v) is 5.27. The number of carbonyl (C=O) groups is 2. The van der Waals surface area contributed by atoms with E-state index in [0.717, 1.165) is 0 Å². The van der Waals surface area contributed by atoms with Crippen LogP contribution in [0.1, 0.15) is 30.6 Å². The zero-order valence-electron chi connectivity index (χ0n) is 9.66. The van der Waals surface area contributed by atoms with E-state index < -0.39 is 5.97 Å². The molecule has 4 nitrogen and oxygen atoms in total. The molecule has 1 atom stereocenters. The lowest BCUT2D eigenvalue weighted by Gasteiger charge is -2.08. The van der Waals surface area contributed by atoms with Gasteiger partial charge in [-0.05, 0) is 24.8 Å². The van der Waals surface area contributed by atoms with Gasteiger partial charge in [0.25, 0.3) is 0 Å². The second-order valence-electron chi connectivity index (χ2n) is 3.25. The average Bonchev–Trinajstić information content (AvgIpc) is 2.76. The Balaban J connectivity index is 2.75. The predicted molar refractivity (Wildman–Crippen MR) is 71.9 cm³/mol. The molecular formula is C11H14BrNO3S. The Morgan fingerprint density at radius 2 is 2.24 bits per heavy atom. The van der Waals surface area contributed by atoms with E-state index in [1.165, 1.54) is 11.3 Å². The Bertz CT molecular complexity index is 405. The Morgan fingerprint density at radius 1 is 1.53 bits per heavy atom. The smallest absolute Gasteiger partial charge is 0.341 e. The van der Waals surface area contributed by atoms with E-state index in [1.54, 1.807) is 18.4 Å². The molecule has 0 bridgehead atoms. The van der Waals surface area contributed by atoms with Crippen molar-refractivity contribution in [3.05, 3.63) is 17.0 Å². The molecule has 1 unspecified atom stereocenters. The summed E-state index contributed by atoms with van der Waals surface area (Å²) in [6, 6.07) is 1.65. The number of amides is 1. The first-order valence-corrected chi connectivity index (χ1v) is 7.09. The number of hydrogen-bond donors (Lipinski definition) is 1. The fraction of sp³-hybridized carbons (Fsp3) is 0.455. The minimum Gasteiger partial charge on any atom is -0.462 e. The Hall–Kier alpha value is -0.880. The van der Waals surface area contributed by atoms with Gasteiger partial charge in [-0.15, -0.1) is 11.3 Å². The molecule has 1 N–H and O–H groups in total. The standard InChI is InChI=1S/C11H14BrNO3S/c1-3-8(12)9(14)13-10-7(5-6-17-10)11(15)16-4-2/h5-6,8H,3-4H2,1-2H3,(H,13,14). The highest BCUT2D eigenvalue weighted by Crippen LogP contribution is 2.25. The van der Waals surface area contributed by atoms with Gasteiger partial charge in [0, 0.05) is 0 Å². The fourth-order valence-electron chi connectivity index (χ4n) is 1.15. The third-order valence-corrected chi connectivity index (χ3v) is 3.93. The van der Waals surface area contributed by atoms with Crippen LogP contribution in [0, 0.1) is 0 Å². The Kier molecular flexibility index (Phi) is 5.64. The van der Waals surface area contributed by atoms with Crippen LogP contribution in [0.3, 0.4) is 0 Å². The minimum atomic E-state index is -0.410. The normalized spacial score (nSPS) is 11.9. The van der Waals surface area contributed by atoms with E-state index in [4.69, 9.17) is 4.74 Å². The molecule has 1 amide bonds. The lowest BCUT2D eigenvalue weighted by atomic mass is 10.3. The number of hydrogen-bond acceptors (Lipinski definition) is 4. The molecule has 0 aliphatic carbocycles. The van der Waals surface area contributed by atoms with E-state index in [-0.39, 0.29) is 10.7 Å². The number of carbonyl (C=O) groups excluding carboxylic acids is 2. The number of alkyl halides is 1. The number of nitrogens with one attached hydrogen (secondary N) is 1. The number of rotatable bonds is 5. The van der Waals surface area contributed by atoms with Crippen LogP contribution in [0.25, 0.3) is 0 Å². The van der Waals surface area contributed by atoms with Crippen LogP contribution >= 0.6 is 27.3 Å². The molecule has 1 heterocycles. The summed E-state index contributed by atoms with van der Waals surface area (Å²) in [6.07, 6.45) is 0.686. The van der Waals surface area contributed by atoms with Gasteiger partial charge < -0.3 is 10.1 Å². The van der Waals surface area contributed by atoms with Crippen molar-refractivity contribution in [1.29, 1.82) is 0 Å². The van der Waals surface area contributed by atoms with Gasteiger partial charge in [-0.25, -0.2) is 4.79 Å². The molecule has 0 aromatic carbocycles. The largest absolute Gasteiger partial charge is 0.462 e. The van der Waals surface area contributed by atoms with Crippen LogP contribution in [-0.2, 0) is 9.53 Å². The highest BCUT2D eigenvalue weighted by atomic mass is 79.9. The molecule has 0 saturated heterocycles. The highest BCUT2D eigenvalue weighted by Gasteiger charge is 2.18. The fourth-order valence-corrected chi connectivity index (χ4v) is 2.04. The van der Waals surface area contributed by atoms with Crippen molar-refractivity contribution in [2.45, 2.75) is 25.1 Å². The molecule has 0 aliphatic heterocycles. The summed E-state index contributed by atoms with van der Waals surface area (Å²) >= 11 is 4.56. The molecule has 1 aromatic heterocycles. The van der Waals surface area contributed by atoms with E-state index in [1.807, 2.05) is 6.92 Å². The molecular weight excluding hydrogens is 306 g/mol. The monoisotopic (exact) mass is 319 g/mol. The van der Waals surface area contributed by atoms with Crippen molar-refractivity contribution in [3.8, 4) is 0 Å². The van der Waals surface area contributed by atoms with Gasteiger partial charge in [-0.2, -0.15) is 0 Å². The summed E-state index contributed by atoms with van der Waals surface area (Å²) in [4.78, 5) is 23.0. The molecule has 0 spiro atoms. The zero-order chi connectivity index (χ0) is 12.8. The van der Waals surface area contributed by atoms with Crippen molar-refractivity contribution in [2.75, 3.05) is 11.9 Å². The van der Waals surface area contributed by atoms with Gasteiger partial charge >= 0.3 is 5.97 Å². The summed E-state index contributed by atoms with van der Waals surface area (Å²) in [5.41, 5.74) is 0.404. The first-order chi connectivity index (χ1) is 8.10. The maximum atomic E-state index is 11.7. The number of thiophene rings is 1. The van der Waals surface area contributed by atoms with Crippen molar-refractivity contribution in [2.24, 2.45) is 0 Å². The summed E-state index contributed by atoms with van der Waals surface area (Å²) in [5.74, 6) is -0.563. The lowest BCUT2D eigenvalue weighted by Crippen LogP contribution is -2.22. The molecule has 0 radical (unpaired) electrons. The number of halogens is 1. The van der Waals surface area contributed by atoms with Crippen molar-refractivity contribution in [1.82, 2.24) is 0 Å². The van der Waals surface area contributed by atoms with Crippen molar-refractivity contribution in [3.63, 3.8) is 0 Å². The van der Waals surface area contributed by atoms with Crippen LogP contribution in [-0.4, -0.2) is 23.3 Å². The Labute approximate surface area is 112 Å². The summed E-state index contributed by atoms with van der Waals surface area (Å²) in [5, 5.41) is 4.99. The molecule has 0 saturated carbocycles. The van der Waals surface area contributed by atoms with Gasteiger partial charge in [0.15, 0.2) is 0 Å². The molecule has 94 valence electrons. The maximum absolute atomic E-state index is 11.7. The van der Waals surface area contributed by atoms with Crippen LogP contribution in [0.15, 0.2) is 11.4 Å². The maximum Gasteiger partial charge on any atom is 0.341 e. The quantitative estimate of drug-likeness (QED) is 0.670. The molecule has 6 heteroatoms. The molecule has 1 aromatic rings. The van der Waals surface area contributed by atoms with Crippen LogP contribution in [0.5, 0.6) is 0 Å². The van der Waals surface area contributed by atoms with Crippen LogP contribution in [0.2, 0.25) is 0 Å². The van der Waals surface area contributed by atoms with Gasteiger partial charge in [0.1, 0.15) is 5.00 Å². The number of ether oxygens (including phenoxy) is 1.